The molecule has 0 spiro atoms. The molecular formula is C18H18N4O2. The summed E-state index contributed by atoms with van der Waals surface area (Å²) < 4.78 is 5.84. The van der Waals surface area contributed by atoms with Crippen LogP contribution in [0, 0.1) is 6.92 Å². The number of fused-ring (bicyclic) bond motifs is 1. The highest BCUT2D eigenvalue weighted by Gasteiger charge is 2.29. The second-order valence-electron chi connectivity index (χ2n) is 6.04. The molecule has 0 saturated carbocycles. The zero-order chi connectivity index (χ0) is 16.5. The van der Waals surface area contributed by atoms with E-state index >= 15 is 0 Å². The number of para-hydroxylation sites is 1. The van der Waals surface area contributed by atoms with Crippen LogP contribution in [0.15, 0.2) is 42.6 Å². The molecule has 24 heavy (non-hydrogen) atoms. The van der Waals surface area contributed by atoms with Gasteiger partial charge in [-0.15, -0.1) is 5.10 Å². The number of aromatic nitrogens is 3. The largest absolute Gasteiger partial charge is 0.471 e. The molecule has 3 heterocycles. The molecule has 0 bridgehead atoms. The van der Waals surface area contributed by atoms with Crippen LogP contribution in [0.2, 0.25) is 0 Å². The molecule has 1 aliphatic rings. The number of hydrogen-bond acceptors (Lipinski definition) is 4. The Morgan fingerprint density at radius 2 is 2.12 bits per heavy atom. The highest BCUT2D eigenvalue weighted by molar-refractivity contribution is 6.06. The lowest BCUT2D eigenvalue weighted by atomic mass is 10.1. The van der Waals surface area contributed by atoms with E-state index in [9.17, 15) is 4.79 Å². The van der Waals surface area contributed by atoms with Gasteiger partial charge in [0.1, 0.15) is 6.10 Å². The van der Waals surface area contributed by atoms with Crippen molar-refractivity contribution in [2.45, 2.75) is 19.4 Å². The normalized spacial score (nSPS) is 17.4. The maximum Gasteiger partial charge on any atom is 0.256 e. The van der Waals surface area contributed by atoms with E-state index in [0.29, 0.717) is 24.5 Å². The van der Waals surface area contributed by atoms with Gasteiger partial charge < -0.3 is 14.6 Å². The first-order valence-electron chi connectivity index (χ1n) is 8.03. The number of amides is 1. The monoisotopic (exact) mass is 322 g/mol. The number of hydrogen-bond donors (Lipinski definition) is 1. The second-order valence-corrected chi connectivity index (χ2v) is 6.04. The summed E-state index contributed by atoms with van der Waals surface area (Å²) in [5.74, 6) is 0.542. The summed E-state index contributed by atoms with van der Waals surface area (Å²) in [6.07, 6.45) is 2.53. The Bertz CT molecular complexity index is 872. The van der Waals surface area contributed by atoms with E-state index in [1.165, 1.54) is 0 Å². The van der Waals surface area contributed by atoms with Gasteiger partial charge in [0.15, 0.2) is 0 Å². The molecular weight excluding hydrogens is 304 g/mol. The number of H-pyrrole nitrogens is 1. The van der Waals surface area contributed by atoms with Gasteiger partial charge in [0.25, 0.3) is 5.91 Å². The Balaban J connectivity index is 1.46. The SMILES string of the molecule is Cc1ccc(O[C@H]2CCN(C(=O)c3c[nH]c4ccccc34)C2)nn1. The Morgan fingerprint density at radius 3 is 2.96 bits per heavy atom. The van der Waals surface area contributed by atoms with Crippen LogP contribution in [-0.2, 0) is 0 Å². The lowest BCUT2D eigenvalue weighted by Crippen LogP contribution is -2.30. The molecule has 6 nitrogen and oxygen atoms in total. The fraction of sp³-hybridized carbons (Fsp3) is 0.278. The van der Waals surface area contributed by atoms with E-state index in [4.69, 9.17) is 4.74 Å². The molecule has 0 aliphatic carbocycles. The lowest BCUT2D eigenvalue weighted by Gasteiger charge is -2.16. The quantitative estimate of drug-likeness (QED) is 0.804. The number of nitrogens with zero attached hydrogens (tertiary/aromatic N) is 3. The number of rotatable bonds is 3. The van der Waals surface area contributed by atoms with E-state index in [-0.39, 0.29) is 12.0 Å². The highest BCUT2D eigenvalue weighted by Crippen LogP contribution is 2.23. The minimum atomic E-state index is -0.0452. The van der Waals surface area contributed by atoms with Crippen LogP contribution in [-0.4, -0.2) is 45.2 Å². The summed E-state index contributed by atoms with van der Waals surface area (Å²) in [7, 11) is 0. The zero-order valence-corrected chi connectivity index (χ0v) is 13.4. The Morgan fingerprint density at radius 1 is 1.25 bits per heavy atom. The summed E-state index contributed by atoms with van der Waals surface area (Å²) in [5.41, 5.74) is 2.54. The molecule has 122 valence electrons. The number of ether oxygens (including phenoxy) is 1. The summed E-state index contributed by atoms with van der Waals surface area (Å²) in [6.45, 7) is 3.13. The van der Waals surface area contributed by atoms with Crippen molar-refractivity contribution in [1.82, 2.24) is 20.1 Å². The number of nitrogens with one attached hydrogen (secondary N) is 1. The average Bonchev–Trinajstić information content (AvgIpc) is 3.23. The fourth-order valence-electron chi connectivity index (χ4n) is 3.05. The third-order valence-corrected chi connectivity index (χ3v) is 4.31. The van der Waals surface area contributed by atoms with E-state index < -0.39 is 0 Å². The summed E-state index contributed by atoms with van der Waals surface area (Å²) in [4.78, 5) is 17.8. The predicted octanol–water partition coefficient (Wildman–Crippen LogP) is 2.56. The van der Waals surface area contributed by atoms with Crippen LogP contribution in [0.5, 0.6) is 5.88 Å². The summed E-state index contributed by atoms with van der Waals surface area (Å²) in [5, 5.41) is 8.97. The van der Waals surface area contributed by atoms with E-state index in [1.54, 1.807) is 6.20 Å². The first-order chi connectivity index (χ1) is 11.7. The number of likely N-dealkylation sites (tertiary alicyclic amines) is 1. The minimum absolute atomic E-state index is 0.0357. The third-order valence-electron chi connectivity index (χ3n) is 4.31. The summed E-state index contributed by atoms with van der Waals surface area (Å²) in [6, 6.07) is 11.5. The second kappa shape index (κ2) is 5.96. The van der Waals surface area contributed by atoms with Crippen molar-refractivity contribution in [2.24, 2.45) is 0 Å². The number of carbonyl (C=O) groups excluding carboxylic acids is 1. The highest BCUT2D eigenvalue weighted by atomic mass is 16.5. The lowest BCUT2D eigenvalue weighted by molar-refractivity contribution is 0.0773. The molecule has 1 saturated heterocycles. The van der Waals surface area contributed by atoms with Gasteiger partial charge >= 0.3 is 0 Å². The molecule has 1 N–H and O–H groups in total. The fourth-order valence-corrected chi connectivity index (χ4v) is 3.05. The Kier molecular flexibility index (Phi) is 3.65. The molecule has 3 aromatic rings. The number of aromatic amines is 1. The number of benzene rings is 1. The third kappa shape index (κ3) is 2.71. The van der Waals surface area contributed by atoms with Gasteiger partial charge in [-0.2, -0.15) is 5.10 Å². The van der Waals surface area contributed by atoms with Gasteiger partial charge in [-0.1, -0.05) is 18.2 Å². The van der Waals surface area contributed by atoms with Crippen molar-refractivity contribution in [3.63, 3.8) is 0 Å². The standard InChI is InChI=1S/C18H18N4O2/c1-12-6-7-17(21-20-12)24-13-8-9-22(11-13)18(23)15-10-19-16-5-3-2-4-14(15)16/h2-7,10,13,19H,8-9,11H2,1H3/t13-/m0/s1. The van der Waals surface area contributed by atoms with Gasteiger partial charge in [0, 0.05) is 36.1 Å². The van der Waals surface area contributed by atoms with Crippen molar-refractivity contribution in [3.8, 4) is 5.88 Å². The van der Waals surface area contributed by atoms with Crippen LogP contribution >= 0.6 is 0 Å². The van der Waals surface area contributed by atoms with Gasteiger partial charge in [0.05, 0.1) is 17.8 Å². The maximum atomic E-state index is 12.8. The smallest absolute Gasteiger partial charge is 0.256 e. The van der Waals surface area contributed by atoms with Crippen molar-refractivity contribution in [1.29, 1.82) is 0 Å². The molecule has 1 fully saturated rings. The van der Waals surface area contributed by atoms with Crippen molar-refractivity contribution < 1.29 is 9.53 Å². The molecule has 0 radical (unpaired) electrons. The molecule has 0 unspecified atom stereocenters. The van der Waals surface area contributed by atoms with Crippen molar-refractivity contribution in [3.05, 3.63) is 53.9 Å². The van der Waals surface area contributed by atoms with Gasteiger partial charge in [-0.25, -0.2) is 0 Å². The van der Waals surface area contributed by atoms with Crippen LogP contribution in [0.3, 0.4) is 0 Å². The van der Waals surface area contributed by atoms with Crippen LogP contribution in [0.4, 0.5) is 0 Å². The first kappa shape index (κ1) is 14.7. The topological polar surface area (TPSA) is 71.1 Å². The van der Waals surface area contributed by atoms with Crippen LogP contribution in [0.1, 0.15) is 22.5 Å². The predicted molar refractivity (Wildman–Crippen MR) is 90.0 cm³/mol. The van der Waals surface area contributed by atoms with Crippen LogP contribution < -0.4 is 4.74 Å². The molecule has 1 aliphatic heterocycles. The molecule has 2 aromatic heterocycles. The van der Waals surface area contributed by atoms with E-state index in [0.717, 1.165) is 23.0 Å². The van der Waals surface area contributed by atoms with Crippen molar-refractivity contribution >= 4 is 16.8 Å². The van der Waals surface area contributed by atoms with Gasteiger partial charge in [-0.05, 0) is 19.1 Å². The first-order valence-corrected chi connectivity index (χ1v) is 8.03. The van der Waals surface area contributed by atoms with Crippen LogP contribution in [0.25, 0.3) is 10.9 Å². The maximum absolute atomic E-state index is 12.8. The van der Waals surface area contributed by atoms with Gasteiger partial charge in [0.2, 0.25) is 5.88 Å². The molecule has 6 heteroatoms. The van der Waals surface area contributed by atoms with Gasteiger partial charge in [-0.3, -0.25) is 4.79 Å². The Hall–Kier alpha value is -2.89. The molecule has 1 aromatic carbocycles. The zero-order valence-electron chi connectivity index (χ0n) is 13.4. The summed E-state index contributed by atoms with van der Waals surface area (Å²) >= 11 is 0. The number of aryl methyl sites for hydroxylation is 1. The molecule has 1 atom stereocenters. The van der Waals surface area contributed by atoms with E-state index in [2.05, 4.69) is 15.2 Å². The Labute approximate surface area is 139 Å². The van der Waals surface area contributed by atoms with Crippen molar-refractivity contribution in [2.75, 3.05) is 13.1 Å². The minimum Gasteiger partial charge on any atom is -0.471 e. The molecule has 1 amide bonds. The molecule has 4 rings (SSSR count). The average molecular weight is 322 g/mol. The van der Waals surface area contributed by atoms with E-state index in [1.807, 2.05) is 48.2 Å². The number of carbonyl (C=O) groups is 1.